The number of rotatable bonds is 1. The zero-order valence-electron chi connectivity index (χ0n) is 7.72. The van der Waals surface area contributed by atoms with Crippen LogP contribution in [0.25, 0.3) is 0 Å². The van der Waals surface area contributed by atoms with E-state index in [9.17, 15) is 4.79 Å². The lowest BCUT2D eigenvalue weighted by molar-refractivity contribution is 0.0727. The number of carbonyl (C=O) groups excluding carboxylic acids is 1. The Labute approximate surface area is 90.6 Å². The summed E-state index contributed by atoms with van der Waals surface area (Å²) in [5, 5.41) is 0. The molecule has 1 fully saturated rings. The molecule has 0 unspecified atom stereocenters. The van der Waals surface area contributed by atoms with Gasteiger partial charge >= 0.3 is 0 Å². The van der Waals surface area contributed by atoms with E-state index in [1.165, 1.54) is 12.8 Å². The minimum Gasteiger partial charge on any atom is -0.355 e. The van der Waals surface area contributed by atoms with Crippen LogP contribution in [0, 0.1) is 0 Å². The minimum absolute atomic E-state index is 0.204. The largest absolute Gasteiger partial charge is 0.355 e. The van der Waals surface area contributed by atoms with Crippen LogP contribution in [0.1, 0.15) is 28.8 Å². The summed E-state index contributed by atoms with van der Waals surface area (Å²) in [6.45, 7) is 0.882. The standard InChI is InChI=1S/C10H11BrN2O/c11-9-7-3-4-13(6-1-2-6)10(14)8(7)5-12-9/h5-6,12H,1-4H2. The molecule has 1 aliphatic carbocycles. The van der Waals surface area contributed by atoms with Crippen molar-refractivity contribution in [3.8, 4) is 0 Å². The number of hydrogen-bond donors (Lipinski definition) is 1. The van der Waals surface area contributed by atoms with Crippen LogP contribution in [-0.2, 0) is 6.42 Å². The summed E-state index contributed by atoms with van der Waals surface area (Å²) in [5.74, 6) is 0.204. The molecule has 1 aromatic heterocycles. The first-order chi connectivity index (χ1) is 6.77. The van der Waals surface area contributed by atoms with Crippen molar-refractivity contribution < 1.29 is 4.79 Å². The number of aromatic amines is 1. The number of fused-ring (bicyclic) bond motifs is 1. The number of carbonyl (C=O) groups is 1. The van der Waals surface area contributed by atoms with Crippen molar-refractivity contribution in [1.29, 1.82) is 0 Å². The average Bonchev–Trinajstić information content (AvgIpc) is 2.93. The van der Waals surface area contributed by atoms with E-state index < -0.39 is 0 Å². The summed E-state index contributed by atoms with van der Waals surface area (Å²) in [5.41, 5.74) is 2.00. The molecule has 1 saturated carbocycles. The molecule has 0 saturated heterocycles. The smallest absolute Gasteiger partial charge is 0.255 e. The Bertz CT molecular complexity index is 395. The molecule has 3 nitrogen and oxygen atoms in total. The molecule has 3 rings (SSSR count). The first-order valence-electron chi connectivity index (χ1n) is 4.94. The maximum Gasteiger partial charge on any atom is 0.255 e. The molecule has 1 aliphatic heterocycles. The van der Waals surface area contributed by atoms with Crippen LogP contribution in [0.2, 0.25) is 0 Å². The van der Waals surface area contributed by atoms with Gasteiger partial charge in [0.2, 0.25) is 0 Å². The number of nitrogens with zero attached hydrogens (tertiary/aromatic N) is 1. The summed E-state index contributed by atoms with van der Waals surface area (Å²) < 4.78 is 0.969. The lowest BCUT2D eigenvalue weighted by Gasteiger charge is -2.26. The normalized spacial score (nSPS) is 21.2. The molecule has 1 aromatic rings. The highest BCUT2D eigenvalue weighted by Gasteiger charge is 2.36. The second-order valence-electron chi connectivity index (χ2n) is 3.97. The fourth-order valence-electron chi connectivity index (χ4n) is 2.09. The third-order valence-electron chi connectivity index (χ3n) is 3.01. The van der Waals surface area contributed by atoms with Gasteiger partial charge in [0.25, 0.3) is 5.91 Å². The number of H-pyrrole nitrogens is 1. The lowest BCUT2D eigenvalue weighted by atomic mass is 10.0. The van der Waals surface area contributed by atoms with E-state index in [0.717, 1.165) is 28.7 Å². The van der Waals surface area contributed by atoms with Crippen molar-refractivity contribution in [2.75, 3.05) is 6.54 Å². The molecule has 1 amide bonds. The van der Waals surface area contributed by atoms with Gasteiger partial charge in [-0.1, -0.05) is 0 Å². The monoisotopic (exact) mass is 254 g/mol. The van der Waals surface area contributed by atoms with Gasteiger partial charge in [-0.2, -0.15) is 0 Å². The van der Waals surface area contributed by atoms with Gasteiger partial charge in [-0.3, -0.25) is 4.79 Å². The highest BCUT2D eigenvalue weighted by molar-refractivity contribution is 9.10. The zero-order valence-corrected chi connectivity index (χ0v) is 9.30. The third kappa shape index (κ3) is 1.13. The Balaban J connectivity index is 1.98. The SMILES string of the molecule is O=C1c2c[nH]c(Br)c2CCN1C1CC1. The van der Waals surface area contributed by atoms with Crippen molar-refractivity contribution in [3.05, 3.63) is 21.9 Å². The molecule has 0 radical (unpaired) electrons. The summed E-state index contributed by atoms with van der Waals surface area (Å²) >= 11 is 3.43. The van der Waals surface area contributed by atoms with Gasteiger partial charge < -0.3 is 9.88 Å². The second kappa shape index (κ2) is 2.86. The average molecular weight is 255 g/mol. The highest BCUT2D eigenvalue weighted by atomic mass is 79.9. The van der Waals surface area contributed by atoms with E-state index in [2.05, 4.69) is 20.9 Å². The lowest BCUT2D eigenvalue weighted by Crippen LogP contribution is -2.38. The van der Waals surface area contributed by atoms with Crippen LogP contribution < -0.4 is 0 Å². The summed E-state index contributed by atoms with van der Waals surface area (Å²) in [7, 11) is 0. The van der Waals surface area contributed by atoms with Crippen LogP contribution in [0.5, 0.6) is 0 Å². The number of halogens is 1. The Morgan fingerprint density at radius 2 is 2.29 bits per heavy atom. The summed E-state index contributed by atoms with van der Waals surface area (Å²) in [6.07, 6.45) is 5.16. The molecular formula is C10H11BrN2O. The second-order valence-corrected chi connectivity index (χ2v) is 4.77. The molecule has 14 heavy (non-hydrogen) atoms. The minimum atomic E-state index is 0.204. The molecule has 74 valence electrons. The van der Waals surface area contributed by atoms with E-state index in [1.54, 1.807) is 0 Å². The molecule has 0 aromatic carbocycles. The van der Waals surface area contributed by atoms with Crippen molar-refractivity contribution in [2.24, 2.45) is 0 Å². The van der Waals surface area contributed by atoms with E-state index >= 15 is 0 Å². The Hall–Kier alpha value is -0.770. The molecule has 0 bridgehead atoms. The number of nitrogens with one attached hydrogen (secondary N) is 1. The number of amides is 1. The fourth-order valence-corrected chi connectivity index (χ4v) is 2.61. The molecule has 1 N–H and O–H groups in total. The molecule has 0 atom stereocenters. The van der Waals surface area contributed by atoms with Crippen LogP contribution in [0.3, 0.4) is 0 Å². The third-order valence-corrected chi connectivity index (χ3v) is 3.72. The fraction of sp³-hybridized carbons (Fsp3) is 0.500. The van der Waals surface area contributed by atoms with Crippen LogP contribution in [-0.4, -0.2) is 28.4 Å². The quantitative estimate of drug-likeness (QED) is 0.817. The van der Waals surface area contributed by atoms with Crippen molar-refractivity contribution in [2.45, 2.75) is 25.3 Å². The van der Waals surface area contributed by atoms with E-state index in [0.29, 0.717) is 6.04 Å². The van der Waals surface area contributed by atoms with E-state index in [1.807, 2.05) is 11.1 Å². The Morgan fingerprint density at radius 1 is 1.50 bits per heavy atom. The molecule has 2 heterocycles. The van der Waals surface area contributed by atoms with Crippen molar-refractivity contribution in [3.63, 3.8) is 0 Å². The first-order valence-corrected chi connectivity index (χ1v) is 5.73. The van der Waals surface area contributed by atoms with Gasteiger partial charge in [-0.15, -0.1) is 0 Å². The Kier molecular flexibility index (Phi) is 1.74. The van der Waals surface area contributed by atoms with Crippen molar-refractivity contribution in [1.82, 2.24) is 9.88 Å². The van der Waals surface area contributed by atoms with Crippen LogP contribution >= 0.6 is 15.9 Å². The van der Waals surface area contributed by atoms with Gasteiger partial charge in [0, 0.05) is 18.8 Å². The first kappa shape index (κ1) is 8.53. The van der Waals surface area contributed by atoms with Gasteiger partial charge in [0.05, 0.1) is 10.2 Å². The van der Waals surface area contributed by atoms with Crippen LogP contribution in [0.4, 0.5) is 0 Å². The van der Waals surface area contributed by atoms with E-state index in [4.69, 9.17) is 0 Å². The maximum absolute atomic E-state index is 12.0. The van der Waals surface area contributed by atoms with Gasteiger partial charge in [-0.25, -0.2) is 0 Å². The van der Waals surface area contributed by atoms with Crippen molar-refractivity contribution >= 4 is 21.8 Å². The highest BCUT2D eigenvalue weighted by Crippen LogP contribution is 2.33. The number of aromatic nitrogens is 1. The van der Waals surface area contributed by atoms with Gasteiger partial charge in [0.1, 0.15) is 0 Å². The van der Waals surface area contributed by atoms with Gasteiger partial charge in [-0.05, 0) is 40.8 Å². The predicted octanol–water partition coefficient (Wildman–Crippen LogP) is 1.94. The topological polar surface area (TPSA) is 36.1 Å². The van der Waals surface area contributed by atoms with Gasteiger partial charge in [0.15, 0.2) is 0 Å². The van der Waals surface area contributed by atoms with Crippen LogP contribution in [0.15, 0.2) is 10.8 Å². The maximum atomic E-state index is 12.0. The Morgan fingerprint density at radius 3 is 3.00 bits per heavy atom. The zero-order chi connectivity index (χ0) is 9.71. The molecular weight excluding hydrogens is 244 g/mol. The summed E-state index contributed by atoms with van der Waals surface area (Å²) in [4.78, 5) is 17.1. The van der Waals surface area contributed by atoms with E-state index in [-0.39, 0.29) is 5.91 Å². The molecule has 0 spiro atoms. The number of hydrogen-bond acceptors (Lipinski definition) is 1. The predicted molar refractivity (Wildman–Crippen MR) is 56.3 cm³/mol. The summed E-state index contributed by atoms with van der Waals surface area (Å²) in [6, 6.07) is 0.532. The molecule has 2 aliphatic rings. The molecule has 4 heteroatoms.